The van der Waals surface area contributed by atoms with Crippen LogP contribution in [0.1, 0.15) is 43.2 Å². The van der Waals surface area contributed by atoms with E-state index in [9.17, 15) is 8.42 Å². The minimum absolute atomic E-state index is 0.119. The van der Waals surface area contributed by atoms with Gasteiger partial charge in [0, 0.05) is 25.7 Å². The first-order valence-corrected chi connectivity index (χ1v) is 17.9. The quantitative estimate of drug-likeness (QED) is 0.235. The zero-order valence-corrected chi connectivity index (χ0v) is 27.5. The zero-order chi connectivity index (χ0) is 31.2. The number of rotatable bonds is 12. The maximum Gasteiger partial charge on any atom is 0.231 e. The third kappa shape index (κ3) is 8.19. The number of piperidine rings is 2. The molecule has 0 N–H and O–H groups in total. The smallest absolute Gasteiger partial charge is 0.231 e. The second-order valence-corrected chi connectivity index (χ2v) is 15.0. The summed E-state index contributed by atoms with van der Waals surface area (Å²) in [7, 11) is 0.562. The Morgan fingerprint density at radius 2 is 1.27 bits per heavy atom. The SMILES string of the molecule is CN(C)CCCOc1ccc(CN2CCC(C3CCN(Cc4ccc(S(=O)(=O)c5ccc6c(c5)OCO6)cc4)CC3)CC2)cc1. The topological polar surface area (TPSA) is 71.6 Å². The number of nitrogens with zero attached hydrogens (tertiary/aromatic N) is 3. The van der Waals surface area contributed by atoms with E-state index in [4.69, 9.17) is 14.2 Å². The fourth-order valence-electron chi connectivity index (χ4n) is 6.90. The molecular weight excluding hydrogens is 586 g/mol. The molecule has 0 spiro atoms. The molecule has 2 saturated heterocycles. The number of likely N-dealkylation sites (tertiary alicyclic amines) is 2. The van der Waals surface area contributed by atoms with Crippen LogP contribution < -0.4 is 14.2 Å². The minimum atomic E-state index is -3.62. The van der Waals surface area contributed by atoms with Crippen molar-refractivity contribution < 1.29 is 22.6 Å². The predicted molar refractivity (Wildman–Crippen MR) is 176 cm³/mol. The van der Waals surface area contributed by atoms with Crippen molar-refractivity contribution in [3.05, 3.63) is 77.9 Å². The lowest BCUT2D eigenvalue weighted by Crippen LogP contribution is -2.40. The van der Waals surface area contributed by atoms with Crippen molar-refractivity contribution in [2.45, 2.75) is 55.0 Å². The Kier molecular flexibility index (Phi) is 10.3. The van der Waals surface area contributed by atoms with Crippen LogP contribution in [0.5, 0.6) is 17.2 Å². The van der Waals surface area contributed by atoms with E-state index in [0.717, 1.165) is 68.9 Å². The minimum Gasteiger partial charge on any atom is -0.494 e. The van der Waals surface area contributed by atoms with Crippen LogP contribution in [-0.2, 0) is 22.9 Å². The fourth-order valence-corrected chi connectivity index (χ4v) is 8.17. The van der Waals surface area contributed by atoms with Gasteiger partial charge in [-0.25, -0.2) is 8.42 Å². The molecule has 0 atom stereocenters. The second-order valence-electron chi connectivity index (χ2n) is 13.0. The molecular formula is C36H47N3O5S. The van der Waals surface area contributed by atoms with Crippen LogP contribution >= 0.6 is 0 Å². The van der Waals surface area contributed by atoms with E-state index in [1.165, 1.54) is 44.3 Å². The lowest BCUT2D eigenvalue weighted by Gasteiger charge is -2.40. The highest BCUT2D eigenvalue weighted by Gasteiger charge is 2.30. The number of fused-ring (bicyclic) bond motifs is 1. The number of benzene rings is 3. The molecule has 6 rings (SSSR count). The van der Waals surface area contributed by atoms with Crippen molar-refractivity contribution in [3.8, 4) is 17.2 Å². The lowest BCUT2D eigenvalue weighted by molar-refractivity contribution is 0.0909. The molecule has 0 saturated carbocycles. The number of sulfone groups is 1. The Morgan fingerprint density at radius 3 is 1.84 bits per heavy atom. The number of hydrogen-bond acceptors (Lipinski definition) is 8. The van der Waals surface area contributed by atoms with Crippen LogP contribution in [-0.4, -0.2) is 83.3 Å². The zero-order valence-electron chi connectivity index (χ0n) is 26.7. The summed E-state index contributed by atoms with van der Waals surface area (Å²) in [5.41, 5.74) is 2.51. The van der Waals surface area contributed by atoms with Crippen molar-refractivity contribution in [2.75, 3.05) is 60.2 Å². The van der Waals surface area contributed by atoms with Gasteiger partial charge in [0.15, 0.2) is 11.5 Å². The Balaban J connectivity index is 0.913. The Labute approximate surface area is 268 Å². The van der Waals surface area contributed by atoms with Crippen LogP contribution in [0.15, 0.2) is 76.5 Å². The normalized spacial score (nSPS) is 18.5. The van der Waals surface area contributed by atoms with Gasteiger partial charge in [-0.2, -0.15) is 0 Å². The van der Waals surface area contributed by atoms with Gasteiger partial charge >= 0.3 is 0 Å². The molecule has 242 valence electrons. The summed E-state index contributed by atoms with van der Waals surface area (Å²) in [5, 5.41) is 0. The Morgan fingerprint density at radius 1 is 0.733 bits per heavy atom. The van der Waals surface area contributed by atoms with E-state index in [1.54, 1.807) is 30.3 Å². The van der Waals surface area contributed by atoms with Crippen LogP contribution in [0.25, 0.3) is 0 Å². The van der Waals surface area contributed by atoms with Crippen LogP contribution in [0.3, 0.4) is 0 Å². The molecule has 3 heterocycles. The van der Waals surface area contributed by atoms with Crippen molar-refractivity contribution in [2.24, 2.45) is 11.8 Å². The standard InChI is InChI=1S/C36H47N3O5S/c1-37(2)18-3-23-42-32-8-4-28(5-9-32)25-38-19-14-30(15-20-38)31-16-21-39(22-17-31)26-29-6-10-33(11-7-29)45(40,41)34-12-13-35-36(24-34)44-27-43-35/h4-13,24,30-31H,3,14-23,25-27H2,1-2H3. The lowest BCUT2D eigenvalue weighted by atomic mass is 9.78. The summed E-state index contributed by atoms with van der Waals surface area (Å²) >= 11 is 0. The maximum absolute atomic E-state index is 13.2. The summed E-state index contributed by atoms with van der Waals surface area (Å²) in [6.07, 6.45) is 6.11. The van der Waals surface area contributed by atoms with Crippen LogP contribution in [0.4, 0.5) is 0 Å². The molecule has 3 aromatic carbocycles. The second kappa shape index (κ2) is 14.5. The van der Waals surface area contributed by atoms with E-state index in [-0.39, 0.29) is 11.7 Å². The van der Waals surface area contributed by atoms with Crippen LogP contribution in [0.2, 0.25) is 0 Å². The number of ether oxygens (including phenoxy) is 3. The van der Waals surface area contributed by atoms with E-state index < -0.39 is 9.84 Å². The van der Waals surface area contributed by atoms with Gasteiger partial charge in [-0.3, -0.25) is 9.80 Å². The molecule has 0 bridgehead atoms. The molecule has 3 aromatic rings. The first-order chi connectivity index (χ1) is 21.8. The molecule has 3 aliphatic heterocycles. The van der Waals surface area contributed by atoms with Gasteiger partial charge in [-0.05, 0) is 132 Å². The molecule has 0 aliphatic carbocycles. The first-order valence-electron chi connectivity index (χ1n) is 16.4. The summed E-state index contributed by atoms with van der Waals surface area (Å²) in [5.74, 6) is 3.64. The predicted octanol–water partition coefficient (Wildman–Crippen LogP) is 5.70. The van der Waals surface area contributed by atoms with Crippen molar-refractivity contribution in [1.29, 1.82) is 0 Å². The van der Waals surface area contributed by atoms with Crippen molar-refractivity contribution >= 4 is 9.84 Å². The van der Waals surface area contributed by atoms with Crippen LogP contribution in [0, 0.1) is 11.8 Å². The highest BCUT2D eigenvalue weighted by Crippen LogP contribution is 2.36. The Bertz CT molecular complexity index is 1490. The molecule has 0 aromatic heterocycles. The molecule has 45 heavy (non-hydrogen) atoms. The summed E-state index contributed by atoms with van der Waals surface area (Å²) in [4.78, 5) is 7.83. The summed E-state index contributed by atoms with van der Waals surface area (Å²) in [6, 6.07) is 20.8. The van der Waals surface area contributed by atoms with E-state index in [2.05, 4.69) is 53.1 Å². The van der Waals surface area contributed by atoms with E-state index >= 15 is 0 Å². The fraction of sp³-hybridized carbons (Fsp3) is 0.500. The third-order valence-corrected chi connectivity index (χ3v) is 11.3. The monoisotopic (exact) mass is 633 g/mol. The highest BCUT2D eigenvalue weighted by atomic mass is 32.2. The molecule has 2 fully saturated rings. The van der Waals surface area contributed by atoms with Gasteiger partial charge in [0.25, 0.3) is 0 Å². The van der Waals surface area contributed by atoms with Gasteiger partial charge in [0.1, 0.15) is 5.75 Å². The van der Waals surface area contributed by atoms with Gasteiger partial charge in [-0.1, -0.05) is 24.3 Å². The molecule has 0 radical (unpaired) electrons. The van der Waals surface area contributed by atoms with Crippen molar-refractivity contribution in [1.82, 2.24) is 14.7 Å². The molecule has 3 aliphatic rings. The molecule has 9 heteroatoms. The number of hydrogen-bond donors (Lipinski definition) is 0. The summed E-state index contributed by atoms with van der Waals surface area (Å²) in [6.45, 7) is 8.35. The van der Waals surface area contributed by atoms with Gasteiger partial charge in [0.05, 0.1) is 16.4 Å². The van der Waals surface area contributed by atoms with Gasteiger partial charge < -0.3 is 19.1 Å². The summed E-state index contributed by atoms with van der Waals surface area (Å²) < 4.78 is 42.9. The van der Waals surface area contributed by atoms with Crippen molar-refractivity contribution in [3.63, 3.8) is 0 Å². The van der Waals surface area contributed by atoms with E-state index in [0.29, 0.717) is 16.4 Å². The largest absolute Gasteiger partial charge is 0.494 e. The van der Waals surface area contributed by atoms with Gasteiger partial charge in [-0.15, -0.1) is 0 Å². The first kappa shape index (κ1) is 31.9. The molecule has 0 amide bonds. The molecule has 0 unspecified atom stereocenters. The average molecular weight is 634 g/mol. The van der Waals surface area contributed by atoms with E-state index in [1.807, 2.05) is 12.1 Å². The third-order valence-electron chi connectivity index (χ3n) is 9.57. The maximum atomic E-state index is 13.2. The molecule has 8 nitrogen and oxygen atoms in total. The average Bonchev–Trinajstić information content (AvgIpc) is 3.53. The Hall–Kier alpha value is -3.11. The van der Waals surface area contributed by atoms with Gasteiger partial charge in [0.2, 0.25) is 16.6 Å². The highest BCUT2D eigenvalue weighted by molar-refractivity contribution is 7.91.